The minimum absolute atomic E-state index is 0.123. The number of halogens is 2. The first kappa shape index (κ1) is 16.2. The Kier molecular flexibility index (Phi) is 4.59. The number of carbonyl (C=O) groups is 2. The van der Waals surface area contributed by atoms with Crippen molar-refractivity contribution in [3.63, 3.8) is 0 Å². The van der Waals surface area contributed by atoms with E-state index < -0.39 is 17.5 Å². The molecule has 1 aliphatic heterocycles. The van der Waals surface area contributed by atoms with E-state index in [9.17, 15) is 18.4 Å². The summed E-state index contributed by atoms with van der Waals surface area (Å²) < 4.78 is 26.8. The molecule has 1 saturated heterocycles. The van der Waals surface area contributed by atoms with Crippen LogP contribution in [0, 0.1) is 11.6 Å². The van der Waals surface area contributed by atoms with Crippen molar-refractivity contribution in [2.45, 2.75) is 6.42 Å². The number of nitrogens with one attached hydrogen (secondary N) is 1. The largest absolute Gasteiger partial charge is 0.357 e. The van der Waals surface area contributed by atoms with Crippen LogP contribution in [0.25, 0.3) is 0 Å². The van der Waals surface area contributed by atoms with Crippen molar-refractivity contribution in [3.05, 3.63) is 59.4 Å². The summed E-state index contributed by atoms with van der Waals surface area (Å²) in [5.74, 6) is -2.20. The fourth-order valence-electron chi connectivity index (χ4n) is 2.79. The highest BCUT2D eigenvalue weighted by molar-refractivity contribution is 5.95. The normalized spacial score (nSPS) is 15.2. The Hall–Kier alpha value is -2.70. The molecule has 0 atom stereocenters. The first-order valence-electron chi connectivity index (χ1n) is 7.73. The number of rotatable bonds is 2. The highest BCUT2D eigenvalue weighted by Crippen LogP contribution is 2.15. The van der Waals surface area contributed by atoms with Crippen molar-refractivity contribution in [2.24, 2.45) is 0 Å². The molecule has 2 heterocycles. The highest BCUT2D eigenvalue weighted by Gasteiger charge is 2.25. The fourth-order valence-corrected chi connectivity index (χ4v) is 2.79. The van der Waals surface area contributed by atoms with Gasteiger partial charge in [-0.3, -0.25) is 9.59 Å². The SMILES string of the molecule is O=C(c1ccc[nH]1)N1CCCN(C(=O)c2ccc(F)cc2F)CC1. The minimum atomic E-state index is -0.872. The van der Waals surface area contributed by atoms with Gasteiger partial charge in [0.15, 0.2) is 0 Å². The predicted octanol–water partition coefficient (Wildman–Crippen LogP) is 2.28. The molecule has 0 aliphatic carbocycles. The van der Waals surface area contributed by atoms with Crippen LogP contribution in [0.3, 0.4) is 0 Å². The fraction of sp³-hybridized carbons (Fsp3) is 0.294. The number of hydrogen-bond acceptors (Lipinski definition) is 2. The number of aromatic amines is 1. The van der Waals surface area contributed by atoms with Gasteiger partial charge in [-0.05, 0) is 30.7 Å². The van der Waals surface area contributed by atoms with Crippen molar-refractivity contribution in [1.29, 1.82) is 0 Å². The molecule has 1 N–H and O–H groups in total. The maximum Gasteiger partial charge on any atom is 0.270 e. The molecule has 0 bridgehead atoms. The van der Waals surface area contributed by atoms with Crippen molar-refractivity contribution < 1.29 is 18.4 Å². The molecule has 1 aromatic heterocycles. The van der Waals surface area contributed by atoms with Crippen molar-refractivity contribution in [1.82, 2.24) is 14.8 Å². The van der Waals surface area contributed by atoms with Gasteiger partial charge in [-0.15, -0.1) is 0 Å². The molecule has 0 spiro atoms. The van der Waals surface area contributed by atoms with Crippen LogP contribution >= 0.6 is 0 Å². The summed E-state index contributed by atoms with van der Waals surface area (Å²) >= 11 is 0. The molecule has 1 fully saturated rings. The van der Waals surface area contributed by atoms with Gasteiger partial charge in [-0.25, -0.2) is 8.78 Å². The summed E-state index contributed by atoms with van der Waals surface area (Å²) in [4.78, 5) is 30.8. The molecule has 126 valence electrons. The molecule has 0 saturated carbocycles. The predicted molar refractivity (Wildman–Crippen MR) is 83.6 cm³/mol. The Bertz CT molecular complexity index is 746. The highest BCUT2D eigenvalue weighted by atomic mass is 19.1. The molecule has 0 unspecified atom stereocenters. The molecule has 2 aromatic rings. The van der Waals surface area contributed by atoms with Crippen LogP contribution < -0.4 is 0 Å². The van der Waals surface area contributed by atoms with Crippen molar-refractivity contribution in [3.8, 4) is 0 Å². The average Bonchev–Trinajstić information content (AvgIpc) is 2.98. The second-order valence-electron chi connectivity index (χ2n) is 5.65. The van der Waals surface area contributed by atoms with Gasteiger partial charge in [0.1, 0.15) is 17.3 Å². The lowest BCUT2D eigenvalue weighted by Gasteiger charge is -2.22. The molecule has 1 aromatic carbocycles. The molecule has 7 heteroatoms. The zero-order valence-electron chi connectivity index (χ0n) is 13.0. The lowest BCUT2D eigenvalue weighted by molar-refractivity contribution is 0.0713. The number of aromatic nitrogens is 1. The molecule has 1 aliphatic rings. The third-order valence-electron chi connectivity index (χ3n) is 4.06. The van der Waals surface area contributed by atoms with Gasteiger partial charge in [-0.2, -0.15) is 0 Å². The lowest BCUT2D eigenvalue weighted by Crippen LogP contribution is -2.37. The maximum atomic E-state index is 13.8. The van der Waals surface area contributed by atoms with Crippen LogP contribution in [-0.4, -0.2) is 52.8 Å². The average molecular weight is 333 g/mol. The van der Waals surface area contributed by atoms with Crippen LogP contribution in [-0.2, 0) is 0 Å². The zero-order valence-corrected chi connectivity index (χ0v) is 13.0. The van der Waals surface area contributed by atoms with Gasteiger partial charge >= 0.3 is 0 Å². The van der Waals surface area contributed by atoms with E-state index >= 15 is 0 Å². The number of amides is 2. The summed E-state index contributed by atoms with van der Waals surface area (Å²) in [6, 6.07) is 6.36. The van der Waals surface area contributed by atoms with E-state index in [1.807, 2.05) is 0 Å². The van der Waals surface area contributed by atoms with Gasteiger partial charge < -0.3 is 14.8 Å². The summed E-state index contributed by atoms with van der Waals surface area (Å²) in [7, 11) is 0. The number of hydrogen-bond donors (Lipinski definition) is 1. The van der Waals surface area contributed by atoms with Crippen LogP contribution in [0.1, 0.15) is 27.3 Å². The summed E-state index contributed by atoms with van der Waals surface area (Å²) in [5.41, 5.74) is 0.347. The zero-order chi connectivity index (χ0) is 17.1. The number of benzene rings is 1. The van der Waals surface area contributed by atoms with Crippen molar-refractivity contribution in [2.75, 3.05) is 26.2 Å². The van der Waals surface area contributed by atoms with E-state index in [0.717, 1.165) is 12.1 Å². The standard InChI is InChI=1S/C17H17F2N3O2/c18-12-4-5-13(14(19)11-12)16(23)21-7-2-8-22(10-9-21)17(24)15-3-1-6-20-15/h1,3-6,11,20H,2,7-10H2. The summed E-state index contributed by atoms with van der Waals surface area (Å²) in [6.07, 6.45) is 2.28. The maximum absolute atomic E-state index is 13.8. The van der Waals surface area contributed by atoms with Gasteiger partial charge in [0.25, 0.3) is 11.8 Å². The Morgan fingerprint density at radius 2 is 1.67 bits per heavy atom. The van der Waals surface area contributed by atoms with Gasteiger partial charge in [0.2, 0.25) is 0 Å². The number of carbonyl (C=O) groups excluding carboxylic acids is 2. The monoisotopic (exact) mass is 333 g/mol. The molecule has 24 heavy (non-hydrogen) atoms. The molecule has 5 nitrogen and oxygen atoms in total. The minimum Gasteiger partial charge on any atom is -0.357 e. The molecule has 3 rings (SSSR count). The second-order valence-corrected chi connectivity index (χ2v) is 5.65. The van der Waals surface area contributed by atoms with E-state index in [4.69, 9.17) is 0 Å². The van der Waals surface area contributed by atoms with E-state index in [2.05, 4.69) is 4.98 Å². The first-order valence-corrected chi connectivity index (χ1v) is 7.73. The van der Waals surface area contributed by atoms with E-state index in [0.29, 0.717) is 44.4 Å². The Balaban J connectivity index is 1.69. The Morgan fingerprint density at radius 1 is 0.958 bits per heavy atom. The smallest absolute Gasteiger partial charge is 0.270 e. The Morgan fingerprint density at radius 3 is 2.29 bits per heavy atom. The van der Waals surface area contributed by atoms with E-state index in [1.165, 1.54) is 4.90 Å². The lowest BCUT2D eigenvalue weighted by atomic mass is 10.1. The molecular weight excluding hydrogens is 316 g/mol. The molecule has 2 amide bonds. The van der Waals surface area contributed by atoms with Crippen LogP contribution in [0.5, 0.6) is 0 Å². The number of H-pyrrole nitrogens is 1. The van der Waals surface area contributed by atoms with Crippen LogP contribution in [0.4, 0.5) is 8.78 Å². The third kappa shape index (κ3) is 3.29. The Labute approximate surface area is 137 Å². The van der Waals surface area contributed by atoms with Crippen LogP contribution in [0.15, 0.2) is 36.5 Å². The van der Waals surface area contributed by atoms with Gasteiger partial charge in [0, 0.05) is 38.4 Å². The van der Waals surface area contributed by atoms with Crippen molar-refractivity contribution >= 4 is 11.8 Å². The molecular formula is C17H17F2N3O2. The van der Waals surface area contributed by atoms with Gasteiger partial charge in [-0.1, -0.05) is 0 Å². The second kappa shape index (κ2) is 6.82. The summed E-state index contributed by atoms with van der Waals surface area (Å²) in [5, 5.41) is 0. The number of nitrogens with zero attached hydrogens (tertiary/aromatic N) is 2. The topological polar surface area (TPSA) is 56.4 Å². The van der Waals surface area contributed by atoms with Gasteiger partial charge in [0.05, 0.1) is 5.56 Å². The third-order valence-corrected chi connectivity index (χ3v) is 4.06. The van der Waals surface area contributed by atoms with Crippen LogP contribution in [0.2, 0.25) is 0 Å². The quantitative estimate of drug-likeness (QED) is 0.917. The van der Waals surface area contributed by atoms with E-state index in [1.54, 1.807) is 23.2 Å². The summed E-state index contributed by atoms with van der Waals surface area (Å²) in [6.45, 7) is 1.62. The van der Waals surface area contributed by atoms with E-state index in [-0.39, 0.29) is 11.5 Å². The molecule has 0 radical (unpaired) electrons. The first-order chi connectivity index (χ1) is 11.6.